The molecular formula is C8H19NO2Si2. The van der Waals surface area contributed by atoms with Crippen molar-refractivity contribution in [2.24, 2.45) is 0 Å². The van der Waals surface area contributed by atoms with Gasteiger partial charge in [-0.05, 0) is 26.2 Å². The Morgan fingerprint density at radius 2 is 1.54 bits per heavy atom. The summed E-state index contributed by atoms with van der Waals surface area (Å²) in [6.07, 6.45) is 1.72. The Hall–Kier alpha value is -0.136. The molecule has 0 aromatic heterocycles. The Bertz CT molecular complexity index is 212. The molecule has 0 unspecified atom stereocenters. The van der Waals surface area contributed by atoms with Crippen LogP contribution in [0.3, 0.4) is 0 Å². The van der Waals surface area contributed by atoms with E-state index in [1.807, 2.05) is 4.90 Å². The van der Waals surface area contributed by atoms with Crippen LogP contribution in [0.1, 0.15) is 6.92 Å². The predicted octanol–water partition coefficient (Wildman–Crippen LogP) is 1.35. The van der Waals surface area contributed by atoms with Crippen molar-refractivity contribution in [2.45, 2.75) is 33.1 Å². The van der Waals surface area contributed by atoms with Gasteiger partial charge in [0.05, 0.1) is 0 Å². The Kier molecular flexibility index (Phi) is 2.71. The first kappa shape index (κ1) is 10.9. The summed E-state index contributed by atoms with van der Waals surface area (Å²) in [5, 5.41) is 0. The van der Waals surface area contributed by atoms with Crippen molar-refractivity contribution in [2.75, 3.05) is 12.3 Å². The highest BCUT2D eigenvalue weighted by Crippen LogP contribution is 2.22. The molecule has 13 heavy (non-hydrogen) atoms. The van der Waals surface area contributed by atoms with Gasteiger partial charge >= 0.3 is 0 Å². The number of rotatable bonds is 0. The van der Waals surface area contributed by atoms with Gasteiger partial charge in [-0.2, -0.15) is 0 Å². The van der Waals surface area contributed by atoms with Gasteiger partial charge in [0, 0.05) is 19.3 Å². The molecule has 0 aromatic rings. The van der Waals surface area contributed by atoms with E-state index in [0.29, 0.717) is 0 Å². The Labute approximate surface area is 82.3 Å². The van der Waals surface area contributed by atoms with Crippen LogP contribution in [0.5, 0.6) is 0 Å². The molecule has 5 heteroatoms. The van der Waals surface area contributed by atoms with Crippen molar-refractivity contribution in [3.8, 4) is 0 Å². The van der Waals surface area contributed by atoms with Crippen molar-refractivity contribution in [1.82, 2.24) is 4.90 Å². The van der Waals surface area contributed by atoms with E-state index in [9.17, 15) is 4.79 Å². The molecule has 1 rings (SSSR count). The van der Waals surface area contributed by atoms with E-state index in [1.165, 1.54) is 0 Å². The first-order valence-electron chi connectivity index (χ1n) is 4.68. The molecule has 1 amide bonds. The summed E-state index contributed by atoms with van der Waals surface area (Å²) in [6.45, 7) is 10.4. The van der Waals surface area contributed by atoms with Gasteiger partial charge in [-0.15, -0.1) is 0 Å². The maximum absolute atomic E-state index is 11.3. The standard InChI is InChI=1S/C8H19NO2Si2/c1-8(10)9-6-12(2,3)11-13(4,5)7-9/h6-7H2,1-5H3. The molecule has 1 fully saturated rings. The van der Waals surface area contributed by atoms with Crippen LogP contribution in [-0.4, -0.2) is 39.8 Å². The SMILES string of the molecule is CC(=O)N1C[Si](C)(C)O[Si](C)(C)C1. The van der Waals surface area contributed by atoms with Crippen molar-refractivity contribution < 1.29 is 8.91 Å². The van der Waals surface area contributed by atoms with Crippen LogP contribution < -0.4 is 0 Å². The van der Waals surface area contributed by atoms with Crippen LogP contribution in [0.25, 0.3) is 0 Å². The molecule has 76 valence electrons. The van der Waals surface area contributed by atoms with Crippen molar-refractivity contribution in [3.05, 3.63) is 0 Å². The van der Waals surface area contributed by atoms with Crippen LogP contribution in [-0.2, 0) is 8.91 Å². The highest BCUT2D eigenvalue weighted by molar-refractivity contribution is 6.86. The van der Waals surface area contributed by atoms with Crippen LogP contribution in [0, 0.1) is 0 Å². The smallest absolute Gasteiger partial charge is 0.219 e. The lowest BCUT2D eigenvalue weighted by molar-refractivity contribution is -0.127. The number of nitrogens with zero attached hydrogens (tertiary/aromatic N) is 1. The second kappa shape index (κ2) is 3.22. The summed E-state index contributed by atoms with van der Waals surface area (Å²) in [7, 11) is -3.17. The Morgan fingerprint density at radius 1 is 1.15 bits per heavy atom. The third kappa shape index (κ3) is 2.93. The molecule has 0 saturated carbocycles. The highest BCUT2D eigenvalue weighted by atomic mass is 28.4. The highest BCUT2D eigenvalue weighted by Gasteiger charge is 2.41. The predicted molar refractivity (Wildman–Crippen MR) is 58.3 cm³/mol. The van der Waals surface area contributed by atoms with E-state index >= 15 is 0 Å². The first-order chi connectivity index (χ1) is 5.72. The number of carbonyl (C=O) groups excluding carboxylic acids is 1. The van der Waals surface area contributed by atoms with E-state index in [1.54, 1.807) is 6.92 Å². The Morgan fingerprint density at radius 3 is 1.85 bits per heavy atom. The fourth-order valence-corrected chi connectivity index (χ4v) is 11.2. The number of hydrogen-bond donors (Lipinski definition) is 0. The second-order valence-corrected chi connectivity index (χ2v) is 13.5. The minimum absolute atomic E-state index is 0.199. The first-order valence-corrected chi connectivity index (χ1v) is 10.9. The van der Waals surface area contributed by atoms with Gasteiger partial charge in [-0.25, -0.2) is 0 Å². The maximum Gasteiger partial charge on any atom is 0.219 e. The monoisotopic (exact) mass is 217 g/mol. The summed E-state index contributed by atoms with van der Waals surface area (Å²) >= 11 is 0. The molecule has 1 aliphatic heterocycles. The molecule has 1 heterocycles. The molecule has 1 saturated heterocycles. The van der Waals surface area contributed by atoms with Crippen molar-refractivity contribution in [1.29, 1.82) is 0 Å². The molecule has 0 aromatic carbocycles. The number of hydrogen-bond acceptors (Lipinski definition) is 2. The average Bonchev–Trinajstić information content (AvgIpc) is 1.79. The second-order valence-electron chi connectivity index (χ2n) is 5.00. The summed E-state index contributed by atoms with van der Waals surface area (Å²) in [4.78, 5) is 13.3. The lowest BCUT2D eigenvalue weighted by Gasteiger charge is -2.45. The summed E-state index contributed by atoms with van der Waals surface area (Å²) in [5.41, 5.74) is 0. The third-order valence-corrected chi connectivity index (χ3v) is 8.85. The fraction of sp³-hybridized carbons (Fsp3) is 0.875. The van der Waals surface area contributed by atoms with Gasteiger partial charge in [0.25, 0.3) is 0 Å². The van der Waals surface area contributed by atoms with Crippen molar-refractivity contribution in [3.63, 3.8) is 0 Å². The minimum Gasteiger partial charge on any atom is -0.453 e. The fourth-order valence-electron chi connectivity index (χ4n) is 2.01. The lowest BCUT2D eigenvalue weighted by atomic mass is 10.6. The summed E-state index contributed by atoms with van der Waals surface area (Å²) in [5.74, 6) is 0.199. The van der Waals surface area contributed by atoms with E-state index < -0.39 is 16.6 Å². The molecular weight excluding hydrogens is 198 g/mol. The zero-order valence-corrected chi connectivity index (χ0v) is 11.2. The molecule has 1 aliphatic rings. The van der Waals surface area contributed by atoms with E-state index in [-0.39, 0.29) is 5.91 Å². The quantitative estimate of drug-likeness (QED) is 0.573. The normalized spacial score (nSPS) is 25.8. The maximum atomic E-state index is 11.3. The third-order valence-electron chi connectivity index (χ3n) is 2.14. The lowest BCUT2D eigenvalue weighted by Crippen LogP contribution is -2.63. The largest absolute Gasteiger partial charge is 0.453 e. The van der Waals surface area contributed by atoms with Gasteiger partial charge in [-0.1, -0.05) is 0 Å². The molecule has 0 radical (unpaired) electrons. The van der Waals surface area contributed by atoms with Crippen molar-refractivity contribution >= 4 is 22.5 Å². The average molecular weight is 217 g/mol. The summed E-state index contributed by atoms with van der Waals surface area (Å²) < 4.78 is 6.13. The van der Waals surface area contributed by atoms with Gasteiger partial charge in [0.1, 0.15) is 0 Å². The molecule has 0 atom stereocenters. The van der Waals surface area contributed by atoms with Gasteiger partial charge < -0.3 is 9.02 Å². The molecule has 3 nitrogen and oxygen atoms in total. The number of carbonyl (C=O) groups is 1. The minimum atomic E-state index is -1.58. The molecule has 0 spiro atoms. The van der Waals surface area contributed by atoms with Crippen LogP contribution in [0.4, 0.5) is 0 Å². The molecule has 0 aliphatic carbocycles. The zero-order valence-electron chi connectivity index (χ0n) is 9.18. The van der Waals surface area contributed by atoms with Gasteiger partial charge in [-0.3, -0.25) is 4.79 Å². The van der Waals surface area contributed by atoms with E-state index in [4.69, 9.17) is 4.12 Å². The van der Waals surface area contributed by atoms with Gasteiger partial charge in [0.2, 0.25) is 5.91 Å². The van der Waals surface area contributed by atoms with E-state index in [0.717, 1.165) is 12.3 Å². The Balaban J connectivity index is 2.78. The van der Waals surface area contributed by atoms with E-state index in [2.05, 4.69) is 26.2 Å². The van der Waals surface area contributed by atoms with Gasteiger partial charge in [0.15, 0.2) is 16.6 Å². The zero-order chi connectivity index (χ0) is 10.3. The van der Waals surface area contributed by atoms with Crippen LogP contribution in [0.2, 0.25) is 26.2 Å². The molecule has 0 bridgehead atoms. The van der Waals surface area contributed by atoms with Crippen LogP contribution >= 0.6 is 0 Å². The van der Waals surface area contributed by atoms with Crippen LogP contribution in [0.15, 0.2) is 0 Å². The molecule has 0 N–H and O–H groups in total. The number of amides is 1. The summed E-state index contributed by atoms with van der Waals surface area (Å²) in [6, 6.07) is 0. The topological polar surface area (TPSA) is 29.5 Å².